The molecule has 8 nitrogen and oxygen atoms in total. The van der Waals surface area contributed by atoms with E-state index in [-0.39, 0.29) is 5.91 Å². The molecule has 1 amide bonds. The molecule has 31 heavy (non-hydrogen) atoms. The third kappa shape index (κ3) is 5.81. The van der Waals surface area contributed by atoms with Gasteiger partial charge in [0.1, 0.15) is 11.6 Å². The smallest absolute Gasteiger partial charge is 0.251 e. The summed E-state index contributed by atoms with van der Waals surface area (Å²) < 4.78 is 7.41. The van der Waals surface area contributed by atoms with Crippen molar-refractivity contribution in [2.75, 3.05) is 25.0 Å². The molecule has 0 bridgehead atoms. The fourth-order valence-electron chi connectivity index (χ4n) is 2.98. The quantitative estimate of drug-likeness (QED) is 0.485. The summed E-state index contributed by atoms with van der Waals surface area (Å²) in [5.41, 5.74) is 3.79. The van der Waals surface area contributed by atoms with Gasteiger partial charge in [0.05, 0.1) is 12.3 Å². The third-order valence-corrected chi connectivity index (χ3v) is 5.12. The van der Waals surface area contributed by atoms with Crippen LogP contribution in [0.3, 0.4) is 0 Å². The number of carbonyl (C=O) groups excluding carboxylic acids is 1. The zero-order valence-electron chi connectivity index (χ0n) is 18.6. The van der Waals surface area contributed by atoms with Crippen molar-refractivity contribution in [3.63, 3.8) is 0 Å². The van der Waals surface area contributed by atoms with Gasteiger partial charge in [-0.1, -0.05) is 13.3 Å². The van der Waals surface area contributed by atoms with E-state index in [1.165, 1.54) is 0 Å². The lowest BCUT2D eigenvalue weighted by Crippen LogP contribution is -2.28. The molecule has 0 spiro atoms. The van der Waals surface area contributed by atoms with Crippen molar-refractivity contribution in [1.29, 1.82) is 0 Å². The second-order valence-corrected chi connectivity index (χ2v) is 7.39. The number of aryl methyl sites for hydroxylation is 1. The van der Waals surface area contributed by atoms with Gasteiger partial charge in [-0.2, -0.15) is 5.10 Å². The lowest BCUT2D eigenvalue weighted by atomic mass is 10.2. The Balaban J connectivity index is 1.44. The molecular weight excluding hydrogens is 392 g/mol. The van der Waals surface area contributed by atoms with Crippen LogP contribution in [-0.4, -0.2) is 45.6 Å². The van der Waals surface area contributed by atoms with Crippen LogP contribution in [0.25, 0.3) is 5.82 Å². The zero-order chi connectivity index (χ0) is 22.2. The first-order chi connectivity index (χ1) is 15.0. The van der Waals surface area contributed by atoms with E-state index in [2.05, 4.69) is 32.9 Å². The lowest BCUT2D eigenvalue weighted by molar-refractivity contribution is 0.0955. The predicted molar refractivity (Wildman–Crippen MR) is 121 cm³/mol. The molecule has 0 radical (unpaired) electrons. The molecule has 164 valence electrons. The van der Waals surface area contributed by atoms with Crippen molar-refractivity contribution in [1.82, 2.24) is 25.3 Å². The molecule has 2 aromatic heterocycles. The molecule has 0 fully saturated rings. The Kier molecular flexibility index (Phi) is 7.59. The molecule has 0 saturated heterocycles. The number of aromatic nitrogens is 4. The summed E-state index contributed by atoms with van der Waals surface area (Å²) in [6.45, 7) is 9.85. The number of hydrogen-bond acceptors (Lipinski definition) is 6. The molecular formula is C23H30N6O2. The van der Waals surface area contributed by atoms with Gasteiger partial charge in [-0.05, 0) is 69.2 Å². The zero-order valence-corrected chi connectivity index (χ0v) is 18.6. The van der Waals surface area contributed by atoms with E-state index in [1.807, 2.05) is 45.0 Å². The maximum absolute atomic E-state index is 12.3. The minimum absolute atomic E-state index is 0.122. The SMILES string of the molecule is CCCCOc1ccc(C(=O)NCCNc2ccc(-n3nc(C)c(C)c3C)nn2)cc1. The normalized spacial score (nSPS) is 10.7. The Morgan fingerprint density at radius 2 is 1.81 bits per heavy atom. The molecule has 0 aliphatic carbocycles. The van der Waals surface area contributed by atoms with Crippen LogP contribution in [0.4, 0.5) is 5.82 Å². The largest absolute Gasteiger partial charge is 0.494 e. The Morgan fingerprint density at radius 3 is 2.42 bits per heavy atom. The van der Waals surface area contributed by atoms with Gasteiger partial charge in [0.2, 0.25) is 0 Å². The number of carbonyl (C=O) groups is 1. The molecule has 0 aliphatic heterocycles. The molecule has 0 atom stereocenters. The van der Waals surface area contributed by atoms with Gasteiger partial charge in [0, 0.05) is 24.3 Å². The highest BCUT2D eigenvalue weighted by Gasteiger charge is 2.10. The van der Waals surface area contributed by atoms with Crippen LogP contribution in [0.1, 0.15) is 47.1 Å². The van der Waals surface area contributed by atoms with Crippen molar-refractivity contribution in [2.45, 2.75) is 40.5 Å². The predicted octanol–water partition coefficient (Wildman–Crippen LogP) is 3.61. The van der Waals surface area contributed by atoms with Crippen LogP contribution in [0, 0.1) is 20.8 Å². The van der Waals surface area contributed by atoms with Crippen LogP contribution >= 0.6 is 0 Å². The highest BCUT2D eigenvalue weighted by molar-refractivity contribution is 5.94. The summed E-state index contributed by atoms with van der Waals surface area (Å²) in [4.78, 5) is 12.3. The Morgan fingerprint density at radius 1 is 1.03 bits per heavy atom. The number of anilines is 1. The summed E-state index contributed by atoms with van der Waals surface area (Å²) in [6, 6.07) is 10.9. The molecule has 2 N–H and O–H groups in total. The maximum atomic E-state index is 12.3. The lowest BCUT2D eigenvalue weighted by Gasteiger charge is -2.09. The highest BCUT2D eigenvalue weighted by atomic mass is 16.5. The van der Waals surface area contributed by atoms with E-state index in [0.29, 0.717) is 36.9 Å². The number of hydrogen-bond donors (Lipinski definition) is 2. The topological polar surface area (TPSA) is 94.0 Å². The summed E-state index contributed by atoms with van der Waals surface area (Å²) in [5.74, 6) is 1.98. The number of ether oxygens (including phenoxy) is 1. The van der Waals surface area contributed by atoms with Crippen LogP contribution in [0.5, 0.6) is 5.75 Å². The first-order valence-electron chi connectivity index (χ1n) is 10.6. The van der Waals surface area contributed by atoms with Crippen molar-refractivity contribution < 1.29 is 9.53 Å². The average molecular weight is 423 g/mol. The molecule has 0 aliphatic rings. The van der Waals surface area contributed by atoms with Crippen molar-refractivity contribution in [2.24, 2.45) is 0 Å². The van der Waals surface area contributed by atoms with Gasteiger partial charge in [-0.25, -0.2) is 4.68 Å². The van der Waals surface area contributed by atoms with Crippen molar-refractivity contribution in [3.05, 3.63) is 58.9 Å². The highest BCUT2D eigenvalue weighted by Crippen LogP contribution is 2.15. The number of rotatable bonds is 10. The second kappa shape index (κ2) is 10.6. The average Bonchev–Trinajstić information content (AvgIpc) is 3.05. The molecule has 3 rings (SSSR count). The number of nitrogens with zero attached hydrogens (tertiary/aromatic N) is 4. The summed E-state index contributed by atoms with van der Waals surface area (Å²) in [6.07, 6.45) is 2.11. The van der Waals surface area contributed by atoms with E-state index < -0.39 is 0 Å². The van der Waals surface area contributed by atoms with Crippen LogP contribution in [0.2, 0.25) is 0 Å². The maximum Gasteiger partial charge on any atom is 0.251 e. The van der Waals surface area contributed by atoms with Crippen molar-refractivity contribution in [3.8, 4) is 11.6 Å². The molecule has 1 aromatic carbocycles. The first kappa shape index (κ1) is 22.3. The van der Waals surface area contributed by atoms with Gasteiger partial charge < -0.3 is 15.4 Å². The van der Waals surface area contributed by atoms with E-state index in [1.54, 1.807) is 16.8 Å². The minimum Gasteiger partial charge on any atom is -0.494 e. The minimum atomic E-state index is -0.122. The third-order valence-electron chi connectivity index (χ3n) is 5.12. The molecule has 3 aromatic rings. The monoisotopic (exact) mass is 422 g/mol. The van der Waals surface area contributed by atoms with Gasteiger partial charge in [0.25, 0.3) is 5.91 Å². The molecule has 8 heteroatoms. The van der Waals surface area contributed by atoms with E-state index in [9.17, 15) is 4.79 Å². The van der Waals surface area contributed by atoms with Gasteiger partial charge in [0.15, 0.2) is 5.82 Å². The van der Waals surface area contributed by atoms with Crippen LogP contribution in [0.15, 0.2) is 36.4 Å². The molecule has 0 unspecified atom stereocenters. The summed E-state index contributed by atoms with van der Waals surface area (Å²) in [5, 5.41) is 19.0. The first-order valence-corrected chi connectivity index (χ1v) is 10.6. The number of nitrogens with one attached hydrogen (secondary N) is 2. The van der Waals surface area contributed by atoms with E-state index in [0.717, 1.165) is 35.5 Å². The fourth-order valence-corrected chi connectivity index (χ4v) is 2.98. The van der Waals surface area contributed by atoms with Crippen LogP contribution in [-0.2, 0) is 0 Å². The Bertz CT molecular complexity index is 996. The second-order valence-electron chi connectivity index (χ2n) is 7.39. The van der Waals surface area contributed by atoms with E-state index in [4.69, 9.17) is 4.74 Å². The van der Waals surface area contributed by atoms with E-state index >= 15 is 0 Å². The van der Waals surface area contributed by atoms with Crippen molar-refractivity contribution >= 4 is 11.7 Å². The molecule has 2 heterocycles. The molecule has 0 saturated carbocycles. The van der Waals surface area contributed by atoms with Crippen LogP contribution < -0.4 is 15.4 Å². The Hall–Kier alpha value is -3.42. The number of benzene rings is 1. The van der Waals surface area contributed by atoms with Gasteiger partial charge in [-0.3, -0.25) is 4.79 Å². The standard InChI is InChI=1S/C23H30N6O2/c1-5-6-15-31-20-9-7-19(8-10-20)23(30)25-14-13-24-21-11-12-22(27-26-21)29-18(4)16(2)17(3)28-29/h7-12H,5-6,13-15H2,1-4H3,(H,24,26)(H,25,30). The van der Waals surface area contributed by atoms with Gasteiger partial charge >= 0.3 is 0 Å². The summed E-state index contributed by atoms with van der Waals surface area (Å²) >= 11 is 0. The summed E-state index contributed by atoms with van der Waals surface area (Å²) in [7, 11) is 0. The Labute approximate surface area is 183 Å². The van der Waals surface area contributed by atoms with Gasteiger partial charge in [-0.15, -0.1) is 10.2 Å². The fraction of sp³-hybridized carbons (Fsp3) is 0.391. The number of unbranched alkanes of at least 4 members (excludes halogenated alkanes) is 1. The number of amides is 1.